The van der Waals surface area contributed by atoms with Gasteiger partial charge in [0.1, 0.15) is 0 Å². The molecule has 1 heterocycles. The fraction of sp³-hybridized carbons (Fsp3) is 0.143. The van der Waals surface area contributed by atoms with Crippen molar-refractivity contribution in [1.29, 1.82) is 0 Å². The quantitative estimate of drug-likeness (QED) is 0.383. The summed E-state index contributed by atoms with van der Waals surface area (Å²) >= 11 is 5.63. The van der Waals surface area contributed by atoms with Crippen molar-refractivity contribution in [2.45, 2.75) is 12.8 Å². The van der Waals surface area contributed by atoms with Crippen molar-refractivity contribution in [3.05, 3.63) is 47.5 Å². The Bertz CT molecular complexity index is 654. The van der Waals surface area contributed by atoms with E-state index in [1.807, 2.05) is 12.1 Å². The second kappa shape index (κ2) is 6.81. The predicted octanol–water partition coefficient (Wildman–Crippen LogP) is 2.84. The van der Waals surface area contributed by atoms with Crippen LogP contribution in [0.2, 0.25) is 5.28 Å². The third-order valence-corrected chi connectivity index (χ3v) is 3.06. The van der Waals surface area contributed by atoms with Gasteiger partial charge in [0.15, 0.2) is 0 Å². The van der Waals surface area contributed by atoms with Crippen molar-refractivity contribution in [1.82, 2.24) is 9.97 Å². The molecule has 7 heteroatoms. The number of halogens is 1. The largest absolute Gasteiger partial charge is 0.481 e. The Hall–Kier alpha value is -2.47. The van der Waals surface area contributed by atoms with E-state index < -0.39 is 5.97 Å². The lowest BCUT2D eigenvalue weighted by Gasteiger charge is -2.05. The minimum Gasteiger partial charge on any atom is -0.481 e. The van der Waals surface area contributed by atoms with E-state index in [-0.39, 0.29) is 18.1 Å². The Labute approximate surface area is 125 Å². The normalized spacial score (nSPS) is 11.4. The Balaban J connectivity index is 2.18. The monoisotopic (exact) mass is 305 g/mol. The molecule has 0 aliphatic heterocycles. The van der Waals surface area contributed by atoms with Gasteiger partial charge in [-0.15, -0.1) is 0 Å². The Morgan fingerprint density at radius 2 is 1.71 bits per heavy atom. The number of rotatable bonds is 5. The molecule has 0 atom stereocenters. The van der Waals surface area contributed by atoms with Gasteiger partial charge in [-0.25, -0.2) is 9.97 Å². The predicted molar refractivity (Wildman–Crippen MR) is 77.7 cm³/mol. The molecule has 0 fully saturated rings. The topological polar surface area (TPSA) is 95.7 Å². The summed E-state index contributed by atoms with van der Waals surface area (Å²) in [5, 5.41) is 21.0. The van der Waals surface area contributed by atoms with Crippen LogP contribution in [0.1, 0.15) is 18.4 Å². The number of benzene rings is 1. The second-order valence-electron chi connectivity index (χ2n) is 4.26. The Morgan fingerprint density at radius 3 is 2.24 bits per heavy atom. The van der Waals surface area contributed by atoms with E-state index in [1.165, 1.54) is 0 Å². The molecule has 0 aliphatic rings. The van der Waals surface area contributed by atoms with E-state index in [4.69, 9.17) is 21.9 Å². The van der Waals surface area contributed by atoms with Gasteiger partial charge in [0.25, 0.3) is 0 Å². The first kappa shape index (κ1) is 14.9. The number of hydrogen-bond donors (Lipinski definition) is 2. The van der Waals surface area contributed by atoms with Gasteiger partial charge in [-0.2, -0.15) is 0 Å². The molecule has 2 rings (SSSR count). The lowest BCUT2D eigenvalue weighted by atomic mass is 10.0. The molecule has 21 heavy (non-hydrogen) atoms. The smallest absolute Gasteiger partial charge is 0.303 e. The Morgan fingerprint density at radius 1 is 1.10 bits per heavy atom. The number of aliphatic carboxylic acids is 1. The average Bonchev–Trinajstić information content (AvgIpc) is 2.49. The minimum atomic E-state index is -0.939. The van der Waals surface area contributed by atoms with E-state index in [0.717, 1.165) is 11.1 Å². The standard InChI is InChI=1S/C14H12ClN3O3/c15-14-16-7-11(8-17-14)9-1-3-10(4-2-9)12(18-21)5-6-13(19)20/h1-4,7-8,21H,5-6H2,(H,19,20). The molecule has 0 amide bonds. The van der Waals surface area contributed by atoms with Crippen molar-refractivity contribution in [3.8, 4) is 11.1 Å². The van der Waals surface area contributed by atoms with Crippen LogP contribution in [0.25, 0.3) is 11.1 Å². The highest BCUT2D eigenvalue weighted by Crippen LogP contribution is 2.19. The SMILES string of the molecule is O=C(O)CCC(=NO)c1ccc(-c2cnc(Cl)nc2)cc1. The Kier molecular flexibility index (Phi) is 4.84. The lowest BCUT2D eigenvalue weighted by molar-refractivity contribution is -0.136. The van der Waals surface area contributed by atoms with E-state index >= 15 is 0 Å². The summed E-state index contributed by atoms with van der Waals surface area (Å²) < 4.78 is 0. The first-order chi connectivity index (χ1) is 10.1. The molecule has 1 aromatic carbocycles. The number of nitrogens with zero attached hydrogens (tertiary/aromatic N) is 3. The van der Waals surface area contributed by atoms with Crippen LogP contribution in [0.4, 0.5) is 0 Å². The molecule has 0 saturated heterocycles. The summed E-state index contributed by atoms with van der Waals surface area (Å²) in [5.74, 6) is -0.939. The first-order valence-corrected chi connectivity index (χ1v) is 6.49. The molecular weight excluding hydrogens is 294 g/mol. The number of aromatic nitrogens is 2. The molecule has 0 radical (unpaired) electrons. The van der Waals surface area contributed by atoms with Gasteiger partial charge < -0.3 is 10.3 Å². The lowest BCUT2D eigenvalue weighted by Crippen LogP contribution is -2.05. The molecule has 0 saturated carbocycles. The van der Waals surface area contributed by atoms with Crippen molar-refractivity contribution in [2.24, 2.45) is 5.16 Å². The number of carbonyl (C=O) groups is 1. The molecule has 6 nitrogen and oxygen atoms in total. The number of carboxylic acid groups (broad SMARTS) is 1. The van der Waals surface area contributed by atoms with Gasteiger partial charge in [0.05, 0.1) is 12.1 Å². The number of oxime groups is 1. The van der Waals surface area contributed by atoms with Crippen LogP contribution in [0.3, 0.4) is 0 Å². The number of carboxylic acids is 1. The maximum Gasteiger partial charge on any atom is 0.303 e. The second-order valence-corrected chi connectivity index (χ2v) is 4.60. The highest BCUT2D eigenvalue weighted by Gasteiger charge is 2.08. The van der Waals surface area contributed by atoms with E-state index in [2.05, 4.69) is 15.1 Å². The molecule has 108 valence electrons. The highest BCUT2D eigenvalue weighted by atomic mass is 35.5. The number of hydrogen-bond acceptors (Lipinski definition) is 5. The zero-order valence-corrected chi connectivity index (χ0v) is 11.7. The maximum atomic E-state index is 10.6. The molecule has 2 N–H and O–H groups in total. The third-order valence-electron chi connectivity index (χ3n) is 2.87. The summed E-state index contributed by atoms with van der Waals surface area (Å²) in [7, 11) is 0. The maximum absolute atomic E-state index is 10.6. The fourth-order valence-corrected chi connectivity index (χ4v) is 1.89. The molecule has 1 aromatic heterocycles. The van der Waals surface area contributed by atoms with Gasteiger partial charge in [-0.3, -0.25) is 4.79 Å². The van der Waals surface area contributed by atoms with Gasteiger partial charge in [0, 0.05) is 24.4 Å². The summed E-state index contributed by atoms with van der Waals surface area (Å²) in [6, 6.07) is 7.13. The third kappa shape index (κ3) is 4.00. The zero-order chi connectivity index (χ0) is 15.2. The van der Waals surface area contributed by atoms with E-state index in [0.29, 0.717) is 11.3 Å². The summed E-state index contributed by atoms with van der Waals surface area (Å²) in [4.78, 5) is 18.4. The summed E-state index contributed by atoms with van der Waals surface area (Å²) in [6.07, 6.45) is 3.28. The van der Waals surface area contributed by atoms with E-state index in [1.54, 1.807) is 24.5 Å². The van der Waals surface area contributed by atoms with Gasteiger partial charge in [0.2, 0.25) is 5.28 Å². The zero-order valence-electron chi connectivity index (χ0n) is 10.9. The van der Waals surface area contributed by atoms with Crippen molar-refractivity contribution in [3.63, 3.8) is 0 Å². The van der Waals surface area contributed by atoms with Crippen LogP contribution in [0.15, 0.2) is 41.8 Å². The fourth-order valence-electron chi connectivity index (χ4n) is 1.79. The van der Waals surface area contributed by atoms with Crippen LogP contribution >= 0.6 is 11.6 Å². The van der Waals surface area contributed by atoms with Gasteiger partial charge in [-0.05, 0) is 22.7 Å². The van der Waals surface area contributed by atoms with Crippen molar-refractivity contribution < 1.29 is 15.1 Å². The minimum absolute atomic E-state index is 0.0911. The van der Waals surface area contributed by atoms with Crippen LogP contribution in [0.5, 0.6) is 0 Å². The van der Waals surface area contributed by atoms with Crippen LogP contribution in [-0.4, -0.2) is 32.0 Å². The molecule has 0 bridgehead atoms. The van der Waals surface area contributed by atoms with Crippen molar-refractivity contribution in [2.75, 3.05) is 0 Å². The van der Waals surface area contributed by atoms with Crippen LogP contribution < -0.4 is 0 Å². The molecule has 0 aliphatic carbocycles. The molecular formula is C14H12ClN3O3. The highest BCUT2D eigenvalue weighted by molar-refractivity contribution is 6.28. The van der Waals surface area contributed by atoms with Crippen LogP contribution in [0, 0.1) is 0 Å². The van der Waals surface area contributed by atoms with Crippen molar-refractivity contribution >= 4 is 23.3 Å². The summed E-state index contributed by atoms with van der Waals surface area (Å²) in [5.41, 5.74) is 2.68. The average molecular weight is 306 g/mol. The molecule has 2 aromatic rings. The molecule has 0 spiro atoms. The molecule has 0 unspecified atom stereocenters. The summed E-state index contributed by atoms with van der Waals surface area (Å²) in [6.45, 7) is 0. The van der Waals surface area contributed by atoms with E-state index in [9.17, 15) is 4.79 Å². The van der Waals surface area contributed by atoms with Gasteiger partial charge in [-0.1, -0.05) is 29.4 Å². The first-order valence-electron chi connectivity index (χ1n) is 6.11. The van der Waals surface area contributed by atoms with Gasteiger partial charge >= 0.3 is 5.97 Å². The van der Waals surface area contributed by atoms with Crippen LogP contribution in [-0.2, 0) is 4.79 Å².